The zero-order valence-electron chi connectivity index (χ0n) is 22.9. The molecule has 4 aromatic rings. The zero-order chi connectivity index (χ0) is 27.1. The van der Waals surface area contributed by atoms with Gasteiger partial charge in [0.05, 0.1) is 52.3 Å². The van der Waals surface area contributed by atoms with Gasteiger partial charge in [-0.05, 0) is 56.7 Å². The van der Waals surface area contributed by atoms with Crippen LogP contribution in [0.3, 0.4) is 0 Å². The van der Waals surface area contributed by atoms with Crippen LogP contribution in [0.2, 0.25) is 5.02 Å². The van der Waals surface area contributed by atoms with Crippen LogP contribution < -0.4 is 20.4 Å². The fourth-order valence-corrected chi connectivity index (χ4v) is 6.85. The molecule has 210 valence electrons. The van der Waals surface area contributed by atoms with Gasteiger partial charge in [-0.15, -0.1) is 0 Å². The van der Waals surface area contributed by atoms with E-state index in [9.17, 15) is 0 Å². The molecule has 0 amide bonds. The van der Waals surface area contributed by atoms with Crippen molar-refractivity contribution in [2.45, 2.75) is 62.7 Å². The number of hydrogen-bond donors (Lipinski definition) is 2. The van der Waals surface area contributed by atoms with E-state index in [1.54, 1.807) is 0 Å². The van der Waals surface area contributed by atoms with Crippen molar-refractivity contribution < 1.29 is 0 Å². The molecule has 4 aromatic heterocycles. The standard InChI is InChI=1S/C15H16ClN5.C15H17N5/c16-12-5-13-15(18-10-3-4-20(13)8-10)19-14(12)9-6-17-21(7-9)11-1-2-11;1-2-12(1)20-8-10(7-16-20)13-3-4-14-15(18-13)17-11-5-6-19(14)9-11/h5-7,10-11H,1-4,8H2,(H,18,19);3-4,7-8,11-12H,1-2,5-6,9H2,(H,17,18)/t10-;11-/m00/s1. The summed E-state index contributed by atoms with van der Waals surface area (Å²) in [5.41, 5.74) is 6.35. The number of hydrogen-bond acceptors (Lipinski definition) is 8. The van der Waals surface area contributed by atoms with Crippen LogP contribution in [0.25, 0.3) is 22.5 Å². The number of aromatic nitrogens is 6. The molecule has 0 aromatic carbocycles. The van der Waals surface area contributed by atoms with Gasteiger partial charge < -0.3 is 20.4 Å². The molecular formula is C30H33ClN10. The Bertz CT molecular complexity index is 1640. The summed E-state index contributed by atoms with van der Waals surface area (Å²) in [5.74, 6) is 2.00. The summed E-state index contributed by atoms with van der Waals surface area (Å²) in [6.45, 7) is 4.41. The molecule has 4 aliphatic heterocycles. The molecule has 2 N–H and O–H groups in total. The van der Waals surface area contributed by atoms with E-state index in [1.165, 1.54) is 44.2 Å². The van der Waals surface area contributed by atoms with Crippen LogP contribution in [-0.2, 0) is 0 Å². The summed E-state index contributed by atoms with van der Waals surface area (Å²) in [6.07, 6.45) is 15.4. The number of nitrogens with one attached hydrogen (secondary N) is 2. The van der Waals surface area contributed by atoms with Crippen molar-refractivity contribution in [3.63, 3.8) is 0 Å². The van der Waals surface area contributed by atoms with Gasteiger partial charge in [0.25, 0.3) is 0 Å². The molecule has 11 heteroatoms. The third-order valence-corrected chi connectivity index (χ3v) is 9.47. The number of anilines is 4. The summed E-state index contributed by atoms with van der Waals surface area (Å²) in [4.78, 5) is 14.4. The fraction of sp³-hybridized carbons (Fsp3) is 0.467. The minimum atomic E-state index is 0.521. The van der Waals surface area contributed by atoms with Crippen molar-refractivity contribution in [2.24, 2.45) is 0 Å². The predicted octanol–water partition coefficient (Wildman–Crippen LogP) is 5.22. The molecule has 2 aliphatic carbocycles. The maximum Gasteiger partial charge on any atom is 0.150 e. The molecule has 8 heterocycles. The highest BCUT2D eigenvalue weighted by molar-refractivity contribution is 6.33. The van der Waals surface area contributed by atoms with Crippen LogP contribution >= 0.6 is 11.6 Å². The lowest BCUT2D eigenvalue weighted by Gasteiger charge is -2.28. The molecule has 4 fully saturated rings. The van der Waals surface area contributed by atoms with Crippen molar-refractivity contribution in [1.29, 1.82) is 0 Å². The number of nitrogens with zero attached hydrogens (tertiary/aromatic N) is 8. The third-order valence-electron chi connectivity index (χ3n) is 9.18. The minimum absolute atomic E-state index is 0.521. The van der Waals surface area contributed by atoms with Gasteiger partial charge >= 0.3 is 0 Å². The van der Waals surface area contributed by atoms with Crippen LogP contribution in [0.5, 0.6) is 0 Å². The zero-order valence-corrected chi connectivity index (χ0v) is 23.6. The van der Waals surface area contributed by atoms with E-state index in [0.717, 1.165) is 66.0 Å². The molecule has 6 aliphatic rings. The Labute approximate surface area is 243 Å². The first-order valence-corrected chi connectivity index (χ1v) is 15.4. The van der Waals surface area contributed by atoms with Crippen LogP contribution in [-0.4, -0.2) is 67.8 Å². The summed E-state index contributed by atoms with van der Waals surface area (Å²) < 4.78 is 4.12. The van der Waals surface area contributed by atoms with Crippen molar-refractivity contribution in [2.75, 3.05) is 46.6 Å². The SMILES string of the molecule is Clc1cc2c(nc1-c1cnn(C3CC3)c1)N[C@H]1CCN2C1.c1nn(C2CC2)cc1-c1ccc2c(n1)N[C@H]1CCN2C1. The Balaban J connectivity index is 0.000000117. The van der Waals surface area contributed by atoms with Crippen molar-refractivity contribution >= 4 is 34.6 Å². The first-order chi connectivity index (χ1) is 20.1. The van der Waals surface area contributed by atoms with Crippen LogP contribution in [0.15, 0.2) is 43.0 Å². The fourth-order valence-electron chi connectivity index (χ4n) is 6.59. The molecule has 4 bridgehead atoms. The Morgan fingerprint density at radius 1 is 0.707 bits per heavy atom. The van der Waals surface area contributed by atoms with Crippen LogP contribution in [0.4, 0.5) is 23.0 Å². The average molecular weight is 569 g/mol. The van der Waals surface area contributed by atoms with Crippen molar-refractivity contribution in [3.8, 4) is 22.5 Å². The molecule has 2 saturated heterocycles. The predicted molar refractivity (Wildman–Crippen MR) is 161 cm³/mol. The molecule has 41 heavy (non-hydrogen) atoms. The Hall–Kier alpha value is -3.79. The molecule has 10 rings (SSSR count). The highest BCUT2D eigenvalue weighted by atomic mass is 35.5. The maximum atomic E-state index is 6.48. The van der Waals surface area contributed by atoms with Gasteiger partial charge in [0.15, 0.2) is 11.6 Å². The topological polar surface area (TPSA) is 92.0 Å². The van der Waals surface area contributed by atoms with Crippen LogP contribution in [0.1, 0.15) is 50.6 Å². The molecule has 0 radical (unpaired) electrons. The Kier molecular flexibility index (Phi) is 5.30. The van der Waals surface area contributed by atoms with Crippen molar-refractivity contribution in [1.82, 2.24) is 29.5 Å². The number of rotatable bonds is 4. The second-order valence-corrected chi connectivity index (χ2v) is 12.7. The molecule has 10 nitrogen and oxygen atoms in total. The molecule has 0 spiro atoms. The smallest absolute Gasteiger partial charge is 0.150 e. The van der Waals surface area contributed by atoms with Gasteiger partial charge in [-0.25, -0.2) is 9.97 Å². The minimum Gasteiger partial charge on any atom is -0.366 e. The third kappa shape index (κ3) is 4.31. The monoisotopic (exact) mass is 568 g/mol. The maximum absolute atomic E-state index is 6.48. The lowest BCUT2D eigenvalue weighted by Crippen LogP contribution is -2.32. The van der Waals surface area contributed by atoms with E-state index in [-0.39, 0.29) is 0 Å². The van der Waals surface area contributed by atoms with Gasteiger partial charge in [0.1, 0.15) is 0 Å². The lowest BCUT2D eigenvalue weighted by molar-refractivity contribution is 0.642. The van der Waals surface area contributed by atoms with E-state index in [1.807, 2.05) is 23.1 Å². The van der Waals surface area contributed by atoms with Gasteiger partial charge in [0, 0.05) is 61.8 Å². The van der Waals surface area contributed by atoms with E-state index < -0.39 is 0 Å². The van der Waals surface area contributed by atoms with Gasteiger partial charge in [-0.2, -0.15) is 10.2 Å². The molecular weight excluding hydrogens is 536 g/mol. The van der Waals surface area contributed by atoms with Crippen molar-refractivity contribution in [3.05, 3.63) is 48.0 Å². The van der Waals surface area contributed by atoms with E-state index in [2.05, 4.69) is 59.8 Å². The average Bonchev–Trinajstić information content (AvgIpc) is 3.82. The first-order valence-electron chi connectivity index (χ1n) is 15.0. The molecule has 0 unspecified atom stereocenters. The second kappa shape index (κ2) is 9.11. The van der Waals surface area contributed by atoms with E-state index in [4.69, 9.17) is 21.6 Å². The number of pyridine rings is 2. The van der Waals surface area contributed by atoms with Gasteiger partial charge in [-0.1, -0.05) is 11.6 Å². The Morgan fingerprint density at radius 3 is 2.00 bits per heavy atom. The first kappa shape index (κ1) is 23.9. The number of fused-ring (bicyclic) bond motifs is 8. The van der Waals surface area contributed by atoms with E-state index >= 15 is 0 Å². The van der Waals surface area contributed by atoms with E-state index in [0.29, 0.717) is 29.2 Å². The largest absolute Gasteiger partial charge is 0.366 e. The van der Waals surface area contributed by atoms with Crippen LogP contribution in [0, 0.1) is 0 Å². The molecule has 2 atom stereocenters. The normalized spacial score (nSPS) is 23.3. The second-order valence-electron chi connectivity index (χ2n) is 12.3. The highest BCUT2D eigenvalue weighted by Crippen LogP contribution is 2.41. The summed E-state index contributed by atoms with van der Waals surface area (Å²) >= 11 is 6.48. The quantitative estimate of drug-likeness (QED) is 0.346. The van der Waals surface area contributed by atoms with Gasteiger partial charge in [0.2, 0.25) is 0 Å². The summed E-state index contributed by atoms with van der Waals surface area (Å²) in [5, 5.41) is 16.7. The number of halogens is 1. The Morgan fingerprint density at radius 2 is 1.32 bits per heavy atom. The lowest BCUT2D eigenvalue weighted by atomic mass is 10.2. The highest BCUT2D eigenvalue weighted by Gasteiger charge is 2.33. The van der Waals surface area contributed by atoms with Gasteiger partial charge in [-0.3, -0.25) is 9.36 Å². The summed E-state index contributed by atoms with van der Waals surface area (Å²) in [6, 6.07) is 8.65. The molecule has 2 saturated carbocycles. The summed E-state index contributed by atoms with van der Waals surface area (Å²) in [7, 11) is 0.